The Morgan fingerprint density at radius 3 is 2.36 bits per heavy atom. The summed E-state index contributed by atoms with van der Waals surface area (Å²) >= 11 is 0. The van der Waals surface area contributed by atoms with Gasteiger partial charge in [-0.3, -0.25) is 9.59 Å². The average Bonchev–Trinajstić information content (AvgIpc) is 3.34. The van der Waals surface area contributed by atoms with Crippen LogP contribution in [0.25, 0.3) is 11.1 Å². The van der Waals surface area contributed by atoms with Crippen molar-refractivity contribution < 1.29 is 29.0 Å². The molecule has 8 nitrogen and oxygen atoms in total. The number of carbonyl (C=O) groups is 3. The number of carboxylic acid groups (broad SMARTS) is 1. The number of ether oxygens (including phenoxy) is 2. The molecule has 1 aliphatic carbocycles. The highest BCUT2D eigenvalue weighted by molar-refractivity contribution is 5.80. The van der Waals surface area contributed by atoms with E-state index in [1.165, 1.54) is 11.1 Å². The van der Waals surface area contributed by atoms with E-state index in [0.29, 0.717) is 6.42 Å². The number of hydrogen-bond acceptors (Lipinski definition) is 5. The summed E-state index contributed by atoms with van der Waals surface area (Å²) in [7, 11) is 0. The van der Waals surface area contributed by atoms with Crippen molar-refractivity contribution in [3.63, 3.8) is 0 Å². The summed E-state index contributed by atoms with van der Waals surface area (Å²) in [5.41, 5.74) is 3.49. The maximum Gasteiger partial charge on any atom is 0.407 e. The largest absolute Gasteiger partial charge is 0.481 e. The number of hydrogen-bond donors (Lipinski definition) is 3. The third-order valence-corrected chi connectivity index (χ3v) is 6.47. The molecule has 1 aliphatic heterocycles. The number of rotatable bonds is 8. The molecule has 1 heterocycles. The highest BCUT2D eigenvalue weighted by atomic mass is 16.5. The van der Waals surface area contributed by atoms with Gasteiger partial charge in [-0.05, 0) is 35.6 Å². The Labute approximate surface area is 192 Å². The summed E-state index contributed by atoms with van der Waals surface area (Å²) in [5, 5.41) is 14.8. The molecule has 0 saturated carbocycles. The van der Waals surface area contributed by atoms with E-state index in [1.807, 2.05) is 24.3 Å². The molecule has 3 N–H and O–H groups in total. The molecule has 2 atom stereocenters. The summed E-state index contributed by atoms with van der Waals surface area (Å²) in [5.74, 6) is -1.28. The van der Waals surface area contributed by atoms with Crippen LogP contribution in [0.5, 0.6) is 0 Å². The van der Waals surface area contributed by atoms with Crippen molar-refractivity contribution in [2.45, 2.75) is 31.7 Å². The number of carboxylic acids is 1. The molecular weight excluding hydrogens is 424 g/mol. The average molecular weight is 453 g/mol. The van der Waals surface area contributed by atoms with Gasteiger partial charge in [0.15, 0.2) is 0 Å². The van der Waals surface area contributed by atoms with Crippen LogP contribution in [0.15, 0.2) is 48.5 Å². The number of amides is 2. The fourth-order valence-corrected chi connectivity index (χ4v) is 4.44. The van der Waals surface area contributed by atoms with E-state index >= 15 is 0 Å². The minimum atomic E-state index is -1.13. The van der Waals surface area contributed by atoms with Gasteiger partial charge in [-0.2, -0.15) is 0 Å². The molecule has 33 heavy (non-hydrogen) atoms. The molecule has 0 radical (unpaired) electrons. The Morgan fingerprint density at radius 1 is 1.09 bits per heavy atom. The number of aliphatic carboxylic acids is 1. The topological polar surface area (TPSA) is 114 Å². The molecular formula is C25H28N2O6. The van der Waals surface area contributed by atoms with Crippen LogP contribution in [0.3, 0.4) is 0 Å². The number of fused-ring (bicyclic) bond motifs is 3. The first-order valence-corrected chi connectivity index (χ1v) is 11.1. The predicted molar refractivity (Wildman–Crippen MR) is 121 cm³/mol. The van der Waals surface area contributed by atoms with Gasteiger partial charge in [0.25, 0.3) is 0 Å². The van der Waals surface area contributed by atoms with Gasteiger partial charge in [-0.1, -0.05) is 48.5 Å². The van der Waals surface area contributed by atoms with E-state index in [1.54, 1.807) is 6.92 Å². The summed E-state index contributed by atoms with van der Waals surface area (Å²) < 4.78 is 10.7. The summed E-state index contributed by atoms with van der Waals surface area (Å²) in [6, 6.07) is 15.7. The van der Waals surface area contributed by atoms with E-state index in [-0.39, 0.29) is 44.6 Å². The maximum absolute atomic E-state index is 12.2. The van der Waals surface area contributed by atoms with Crippen LogP contribution in [0, 0.1) is 5.41 Å². The number of carbonyl (C=O) groups excluding carboxylic acids is 2. The van der Waals surface area contributed by atoms with Gasteiger partial charge in [0.2, 0.25) is 5.91 Å². The fourth-order valence-electron chi connectivity index (χ4n) is 4.44. The number of nitrogens with one attached hydrogen (secondary N) is 2. The van der Waals surface area contributed by atoms with Crippen molar-refractivity contribution in [2.24, 2.45) is 5.41 Å². The number of alkyl carbamates (subject to hydrolysis) is 1. The Kier molecular flexibility index (Phi) is 6.65. The Balaban J connectivity index is 1.20. The summed E-state index contributed by atoms with van der Waals surface area (Å²) in [6.45, 7) is 2.31. The molecule has 2 unspecified atom stereocenters. The van der Waals surface area contributed by atoms with Gasteiger partial charge in [0, 0.05) is 18.9 Å². The zero-order valence-electron chi connectivity index (χ0n) is 18.5. The molecule has 2 aromatic rings. The second-order valence-electron chi connectivity index (χ2n) is 8.71. The van der Waals surface area contributed by atoms with Crippen LogP contribution in [0.1, 0.15) is 36.8 Å². The van der Waals surface area contributed by atoms with Gasteiger partial charge in [0.1, 0.15) is 12.0 Å². The van der Waals surface area contributed by atoms with Crippen molar-refractivity contribution >= 4 is 18.0 Å². The molecule has 4 rings (SSSR count). The van der Waals surface area contributed by atoms with E-state index in [4.69, 9.17) is 9.47 Å². The van der Waals surface area contributed by atoms with Crippen LogP contribution in [0.4, 0.5) is 4.79 Å². The molecule has 2 amide bonds. The smallest absolute Gasteiger partial charge is 0.407 e. The third-order valence-electron chi connectivity index (χ3n) is 6.47. The molecule has 2 aliphatic rings. The summed E-state index contributed by atoms with van der Waals surface area (Å²) in [4.78, 5) is 35.8. The van der Waals surface area contributed by atoms with Crippen LogP contribution < -0.4 is 10.6 Å². The van der Waals surface area contributed by atoms with E-state index in [2.05, 4.69) is 34.9 Å². The van der Waals surface area contributed by atoms with E-state index in [0.717, 1.165) is 11.1 Å². The van der Waals surface area contributed by atoms with Gasteiger partial charge in [-0.15, -0.1) is 0 Å². The minimum Gasteiger partial charge on any atom is -0.481 e. The van der Waals surface area contributed by atoms with Crippen molar-refractivity contribution in [1.82, 2.24) is 10.6 Å². The molecule has 1 saturated heterocycles. The molecule has 1 fully saturated rings. The van der Waals surface area contributed by atoms with Gasteiger partial charge in [-0.25, -0.2) is 4.79 Å². The quantitative estimate of drug-likeness (QED) is 0.531. The lowest BCUT2D eigenvalue weighted by atomic mass is 9.85. The second kappa shape index (κ2) is 9.62. The van der Waals surface area contributed by atoms with E-state index in [9.17, 15) is 19.5 Å². The zero-order valence-corrected chi connectivity index (χ0v) is 18.5. The van der Waals surface area contributed by atoms with Gasteiger partial charge < -0.3 is 25.2 Å². The molecule has 0 spiro atoms. The van der Waals surface area contributed by atoms with Crippen LogP contribution in [0.2, 0.25) is 0 Å². The SMILES string of the molecule is CC1(C(=O)O)COCC1NC(=O)CCCNC(=O)OCC1c2ccccc2-c2ccccc21. The number of benzene rings is 2. The zero-order chi connectivity index (χ0) is 23.4. The summed E-state index contributed by atoms with van der Waals surface area (Å²) in [6.07, 6.45) is 0.0448. The highest BCUT2D eigenvalue weighted by Gasteiger charge is 2.47. The molecule has 2 aromatic carbocycles. The Hall–Kier alpha value is -3.39. The van der Waals surface area contributed by atoms with E-state index < -0.39 is 23.5 Å². The lowest BCUT2D eigenvalue weighted by Gasteiger charge is -2.25. The first kappa shape index (κ1) is 22.8. The normalized spacial score (nSPS) is 21.2. The van der Waals surface area contributed by atoms with Crippen molar-refractivity contribution in [3.05, 3.63) is 59.7 Å². The van der Waals surface area contributed by atoms with Crippen molar-refractivity contribution in [2.75, 3.05) is 26.4 Å². The fraction of sp³-hybridized carbons (Fsp3) is 0.400. The minimum absolute atomic E-state index is 0.00824. The molecule has 0 bridgehead atoms. The Morgan fingerprint density at radius 2 is 1.73 bits per heavy atom. The standard InChI is InChI=1S/C25H28N2O6/c1-25(23(29)30)15-32-14-21(25)27-22(28)11-6-12-26-24(31)33-13-20-18-9-4-2-7-16(18)17-8-3-5-10-19(17)20/h2-5,7-10,20-21H,6,11-15H2,1H3,(H,26,31)(H,27,28)(H,29,30). The van der Waals surface area contributed by atoms with Crippen LogP contribution >= 0.6 is 0 Å². The van der Waals surface area contributed by atoms with Crippen molar-refractivity contribution in [1.29, 1.82) is 0 Å². The third kappa shape index (κ3) is 4.71. The first-order chi connectivity index (χ1) is 15.9. The lowest BCUT2D eigenvalue weighted by molar-refractivity contribution is -0.149. The highest BCUT2D eigenvalue weighted by Crippen LogP contribution is 2.44. The van der Waals surface area contributed by atoms with Gasteiger partial charge >= 0.3 is 12.1 Å². The second-order valence-corrected chi connectivity index (χ2v) is 8.71. The van der Waals surface area contributed by atoms with Crippen molar-refractivity contribution in [3.8, 4) is 11.1 Å². The lowest BCUT2D eigenvalue weighted by Crippen LogP contribution is -2.49. The molecule has 0 aromatic heterocycles. The van der Waals surface area contributed by atoms with Gasteiger partial charge in [0.05, 0.1) is 19.3 Å². The molecule has 174 valence electrons. The maximum atomic E-state index is 12.2. The van der Waals surface area contributed by atoms with Crippen LogP contribution in [-0.2, 0) is 19.1 Å². The monoisotopic (exact) mass is 452 g/mol. The first-order valence-electron chi connectivity index (χ1n) is 11.1. The Bertz CT molecular complexity index is 1010. The predicted octanol–water partition coefficient (Wildman–Crippen LogP) is 2.91. The van der Waals surface area contributed by atoms with Crippen LogP contribution in [-0.4, -0.2) is 55.5 Å². The molecule has 8 heteroatoms.